The zero-order chi connectivity index (χ0) is 5.21. The molecule has 0 aliphatic heterocycles. The van der Waals surface area contributed by atoms with Crippen molar-refractivity contribution in [3.8, 4) is 0 Å². The first-order valence-electron chi connectivity index (χ1n) is 0.849. The molecule has 5 nitrogen and oxygen atoms in total. The van der Waals surface area contributed by atoms with Crippen LogP contribution in [-0.4, -0.2) is 18.2 Å². The predicted octanol–water partition coefficient (Wildman–Crippen LogP) is -1.07. The van der Waals surface area contributed by atoms with Gasteiger partial charge in [0, 0.05) is 0 Å². The van der Waals surface area contributed by atoms with Gasteiger partial charge in [0.15, 0.2) is 0 Å². The molecule has 0 rings (SSSR count). The van der Waals surface area contributed by atoms with Crippen molar-refractivity contribution >= 4 is 10.4 Å². The van der Waals surface area contributed by atoms with Crippen LogP contribution in [0.2, 0.25) is 0 Å². The van der Waals surface area contributed by atoms with Crippen molar-refractivity contribution in [2.45, 2.75) is 0 Å². The minimum atomic E-state index is -4.86. The molecule has 0 radical (unpaired) electrons. The predicted molar refractivity (Wildman–Crippen MR) is 13.4 cm³/mol. The molecule has 0 aliphatic carbocycles. The minimum absolute atomic E-state index is 0. The maximum atomic E-state index is 8.97. The molecule has 0 spiro atoms. The third-order valence-electron chi connectivity index (χ3n) is 0.0913. The van der Waals surface area contributed by atoms with E-state index in [9.17, 15) is 0 Å². The first-order chi connectivity index (χ1) is 2.56. The third kappa shape index (κ3) is 10.7. The first-order valence-corrected chi connectivity index (χ1v) is 2.18. The maximum Gasteiger partial charge on any atom is 2.00 e. The van der Waals surface area contributed by atoms with Gasteiger partial charge in [0.1, 0.15) is 0 Å². The summed E-state index contributed by atoms with van der Waals surface area (Å²) in [6, 6.07) is 0. The summed E-state index contributed by atoms with van der Waals surface area (Å²) in [5, 5.41) is 7.00. The second kappa shape index (κ2) is 3.38. The van der Waals surface area contributed by atoms with Crippen molar-refractivity contribution in [1.82, 2.24) is 0 Å². The van der Waals surface area contributed by atoms with E-state index < -0.39 is 10.4 Å². The smallest absolute Gasteiger partial charge is 0.724 e. The third-order valence-corrected chi connectivity index (χ3v) is 0.274. The van der Waals surface area contributed by atoms with E-state index in [2.05, 4.69) is 4.33 Å². The van der Waals surface area contributed by atoms with Gasteiger partial charge in [-0.2, -0.15) is 0 Å². The molecule has 0 aliphatic rings. The molecule has 0 bridgehead atoms. The molecule has 0 fully saturated rings. The molecule has 0 amide bonds. The van der Waals surface area contributed by atoms with E-state index in [4.69, 9.17) is 18.2 Å². The Balaban J connectivity index is 0. The molecule has 7 heteroatoms. The van der Waals surface area contributed by atoms with Gasteiger partial charge in [-0.3, -0.25) is 0 Å². The van der Waals surface area contributed by atoms with E-state index in [-0.39, 0.29) is 17.4 Å². The summed E-state index contributed by atoms with van der Waals surface area (Å²) in [5.41, 5.74) is 0. The van der Waals surface area contributed by atoms with Gasteiger partial charge < -0.3 is 4.55 Å². The molecule has 0 saturated heterocycles. The molecule has 1 N–H and O–H groups in total. The second-order valence-electron chi connectivity index (χ2n) is 0.483. The zero-order valence-electron chi connectivity index (χ0n) is 2.90. The summed E-state index contributed by atoms with van der Waals surface area (Å²) in [7, 11) is -4.86. The van der Waals surface area contributed by atoms with E-state index in [0.717, 1.165) is 0 Å². The Morgan fingerprint density at radius 1 is 1.57 bits per heavy atom. The van der Waals surface area contributed by atoms with Gasteiger partial charge in [0.2, 0.25) is 10.4 Å². The van der Waals surface area contributed by atoms with E-state index in [0.29, 0.717) is 0 Å². The van der Waals surface area contributed by atoms with Crippen LogP contribution in [0.4, 0.5) is 0 Å². The zero-order valence-corrected chi connectivity index (χ0v) is 4.99. The van der Waals surface area contributed by atoms with E-state index >= 15 is 0 Å². The van der Waals surface area contributed by atoms with E-state index in [1.165, 1.54) is 0 Å². The Bertz CT molecular complexity index is 110. The Morgan fingerprint density at radius 2 is 1.71 bits per heavy atom. The van der Waals surface area contributed by atoms with Crippen molar-refractivity contribution in [3.63, 3.8) is 0 Å². The average Bonchev–Trinajstić information content (AvgIpc) is 1.35. The van der Waals surface area contributed by atoms with Crippen LogP contribution >= 0.6 is 0 Å². The van der Waals surface area contributed by atoms with Crippen molar-refractivity contribution < 1.29 is 39.9 Å². The molecule has 0 saturated carbocycles. The monoisotopic (exact) mass is 165 g/mol. The first kappa shape index (κ1) is 10.4. The Labute approximate surface area is 50.9 Å². The fourth-order valence-electron chi connectivity index (χ4n) is 0. The summed E-state index contributed by atoms with van der Waals surface area (Å²) < 4.78 is 29.3. The van der Waals surface area contributed by atoms with Crippen LogP contribution in [0.25, 0.3) is 0 Å². The van der Waals surface area contributed by atoms with Gasteiger partial charge in [-0.15, -0.1) is 4.33 Å². The number of hydrogen-bond donors (Lipinski definition) is 1. The molecular formula is HCrO5S+. The van der Waals surface area contributed by atoms with Crippen LogP contribution < -0.4 is 0 Å². The van der Waals surface area contributed by atoms with Gasteiger partial charge in [-0.05, 0) is 0 Å². The molecule has 42 valence electrons. The molecule has 0 aromatic heterocycles. The maximum absolute atomic E-state index is 8.97. The van der Waals surface area contributed by atoms with Crippen LogP contribution in [-0.2, 0) is 32.1 Å². The van der Waals surface area contributed by atoms with Crippen molar-refractivity contribution in [2.24, 2.45) is 0 Å². The number of hydrogen-bond acceptors (Lipinski definition) is 5. The minimum Gasteiger partial charge on any atom is -0.724 e. The normalized spacial score (nSPS) is 10.0. The standard InChI is InChI=1S/Cr.H2O5S/c;1-5-6(2,3)4/h;1H,(H,2,3,4)/q+2;/p-1. The Hall–Kier alpha value is 0.362. The summed E-state index contributed by atoms with van der Waals surface area (Å²) >= 11 is 0. The second-order valence-corrected chi connectivity index (χ2v) is 1.45. The number of rotatable bonds is 1. The van der Waals surface area contributed by atoms with E-state index in [1.807, 2.05) is 0 Å². The molecule has 0 unspecified atom stereocenters. The van der Waals surface area contributed by atoms with Crippen molar-refractivity contribution in [3.05, 3.63) is 0 Å². The molecule has 0 aromatic carbocycles. The average molecular weight is 165 g/mol. The van der Waals surface area contributed by atoms with Crippen LogP contribution in [0, 0.1) is 0 Å². The van der Waals surface area contributed by atoms with Crippen molar-refractivity contribution in [2.75, 3.05) is 0 Å². The van der Waals surface area contributed by atoms with Gasteiger partial charge in [0.25, 0.3) is 0 Å². The molecule has 7 heavy (non-hydrogen) atoms. The molecule has 0 heterocycles. The van der Waals surface area contributed by atoms with Crippen LogP contribution in [0.1, 0.15) is 0 Å². The van der Waals surface area contributed by atoms with Crippen LogP contribution in [0.5, 0.6) is 0 Å². The van der Waals surface area contributed by atoms with Crippen LogP contribution in [0.15, 0.2) is 0 Å². The van der Waals surface area contributed by atoms with Gasteiger partial charge >= 0.3 is 17.4 Å². The van der Waals surface area contributed by atoms with Crippen LogP contribution in [0.3, 0.4) is 0 Å². The van der Waals surface area contributed by atoms with Gasteiger partial charge in [0.05, 0.1) is 0 Å². The summed E-state index contributed by atoms with van der Waals surface area (Å²) in [6.45, 7) is 0. The summed E-state index contributed by atoms with van der Waals surface area (Å²) in [6.07, 6.45) is 0. The molecular weight excluding hydrogens is 164 g/mol. The fourth-order valence-corrected chi connectivity index (χ4v) is 0. The molecule has 0 atom stereocenters. The van der Waals surface area contributed by atoms with Gasteiger partial charge in [-0.1, -0.05) is 0 Å². The van der Waals surface area contributed by atoms with E-state index in [1.54, 1.807) is 0 Å². The topological polar surface area (TPSA) is 86.7 Å². The van der Waals surface area contributed by atoms with Crippen molar-refractivity contribution in [1.29, 1.82) is 0 Å². The SMILES string of the molecule is O=S(=O)([O-])OO.[Cr+2]. The largest absolute Gasteiger partial charge is 2.00 e. The summed E-state index contributed by atoms with van der Waals surface area (Å²) in [5.74, 6) is 0. The van der Waals surface area contributed by atoms with Gasteiger partial charge in [-0.25, -0.2) is 13.7 Å². The Kier molecular flexibility index (Phi) is 5.00. The quantitative estimate of drug-likeness (QED) is 0.231. The molecule has 0 aromatic rings. The summed E-state index contributed by atoms with van der Waals surface area (Å²) in [4.78, 5) is 0. The fraction of sp³-hybridized carbons (Fsp3) is 0. The Morgan fingerprint density at radius 3 is 1.71 bits per heavy atom.